The molecule has 1 atom stereocenters. The lowest BCUT2D eigenvalue weighted by Gasteiger charge is -2.31. The van der Waals surface area contributed by atoms with E-state index in [4.69, 9.17) is 21.7 Å². The van der Waals surface area contributed by atoms with Crippen LogP contribution in [0.2, 0.25) is 0 Å². The SMILES string of the molecule is COc1ccc(Br)cc1C1NC(=S)NC(C)=C1C(=O)OC(C)C. The molecule has 0 bridgehead atoms. The zero-order chi connectivity index (χ0) is 17.1. The quantitative estimate of drug-likeness (QED) is 0.599. The third-order valence-electron chi connectivity index (χ3n) is 3.33. The third kappa shape index (κ3) is 4.03. The van der Waals surface area contributed by atoms with E-state index in [0.29, 0.717) is 22.1 Å². The zero-order valence-corrected chi connectivity index (χ0v) is 15.8. The van der Waals surface area contributed by atoms with Crippen LogP contribution in [0.3, 0.4) is 0 Å². The second-order valence-electron chi connectivity index (χ2n) is 5.41. The molecule has 0 saturated carbocycles. The van der Waals surface area contributed by atoms with Gasteiger partial charge in [0.25, 0.3) is 0 Å². The number of carbonyl (C=O) groups excluding carboxylic acids is 1. The van der Waals surface area contributed by atoms with E-state index in [0.717, 1.165) is 10.0 Å². The van der Waals surface area contributed by atoms with Gasteiger partial charge in [-0.15, -0.1) is 0 Å². The fraction of sp³-hybridized carbons (Fsp3) is 0.375. The lowest BCUT2D eigenvalue weighted by Crippen LogP contribution is -2.45. The number of rotatable bonds is 4. The minimum Gasteiger partial charge on any atom is -0.496 e. The van der Waals surface area contributed by atoms with E-state index < -0.39 is 6.04 Å². The van der Waals surface area contributed by atoms with E-state index >= 15 is 0 Å². The highest BCUT2D eigenvalue weighted by Crippen LogP contribution is 2.35. The molecular formula is C16H19BrN2O3S. The summed E-state index contributed by atoms with van der Waals surface area (Å²) in [5.74, 6) is 0.282. The van der Waals surface area contributed by atoms with Gasteiger partial charge in [0.15, 0.2) is 5.11 Å². The summed E-state index contributed by atoms with van der Waals surface area (Å²) < 4.78 is 11.7. The average Bonchev–Trinajstić information content (AvgIpc) is 2.45. The van der Waals surface area contributed by atoms with Gasteiger partial charge in [-0.05, 0) is 51.2 Å². The van der Waals surface area contributed by atoms with Crippen molar-refractivity contribution in [3.63, 3.8) is 0 Å². The first-order valence-corrected chi connectivity index (χ1v) is 8.36. The van der Waals surface area contributed by atoms with Crippen LogP contribution in [0.25, 0.3) is 0 Å². The molecular weight excluding hydrogens is 380 g/mol. The van der Waals surface area contributed by atoms with Crippen LogP contribution in [0.15, 0.2) is 33.9 Å². The molecule has 0 spiro atoms. The highest BCUT2D eigenvalue weighted by Gasteiger charge is 2.33. The Kier molecular flexibility index (Phi) is 5.64. The number of hydrogen-bond acceptors (Lipinski definition) is 4. The van der Waals surface area contributed by atoms with Crippen LogP contribution in [-0.2, 0) is 9.53 Å². The molecule has 0 radical (unpaired) electrons. The van der Waals surface area contributed by atoms with Crippen molar-refractivity contribution >= 4 is 39.2 Å². The maximum Gasteiger partial charge on any atom is 0.338 e. The summed E-state index contributed by atoms with van der Waals surface area (Å²) in [5, 5.41) is 6.57. The summed E-state index contributed by atoms with van der Waals surface area (Å²) in [6.07, 6.45) is -0.207. The molecule has 0 amide bonds. The molecule has 7 heteroatoms. The fourth-order valence-corrected chi connectivity index (χ4v) is 3.06. The van der Waals surface area contributed by atoms with Gasteiger partial charge in [0.2, 0.25) is 0 Å². The minimum absolute atomic E-state index is 0.207. The molecule has 1 aliphatic heterocycles. The number of halogens is 1. The van der Waals surface area contributed by atoms with Crippen molar-refractivity contribution in [2.24, 2.45) is 0 Å². The lowest BCUT2D eigenvalue weighted by atomic mass is 9.95. The second-order valence-corrected chi connectivity index (χ2v) is 6.73. The van der Waals surface area contributed by atoms with Crippen molar-refractivity contribution < 1.29 is 14.3 Å². The molecule has 1 unspecified atom stereocenters. The number of benzene rings is 1. The maximum absolute atomic E-state index is 12.5. The Hall–Kier alpha value is -1.60. The Balaban J connectivity index is 2.53. The molecule has 23 heavy (non-hydrogen) atoms. The number of methoxy groups -OCH3 is 1. The van der Waals surface area contributed by atoms with Gasteiger partial charge >= 0.3 is 5.97 Å². The van der Waals surface area contributed by atoms with Crippen molar-refractivity contribution in [1.29, 1.82) is 0 Å². The fourth-order valence-electron chi connectivity index (χ4n) is 2.41. The Labute approximate surface area is 149 Å². The molecule has 0 saturated heterocycles. The maximum atomic E-state index is 12.5. The lowest BCUT2D eigenvalue weighted by molar-refractivity contribution is -0.143. The predicted octanol–water partition coefficient (Wildman–Crippen LogP) is 3.20. The molecule has 0 aliphatic carbocycles. The third-order valence-corrected chi connectivity index (χ3v) is 4.05. The van der Waals surface area contributed by atoms with Crippen LogP contribution >= 0.6 is 28.1 Å². The Morgan fingerprint density at radius 2 is 2.09 bits per heavy atom. The summed E-state index contributed by atoms with van der Waals surface area (Å²) in [4.78, 5) is 12.5. The van der Waals surface area contributed by atoms with Gasteiger partial charge in [0.05, 0.1) is 24.8 Å². The normalized spacial score (nSPS) is 17.7. The van der Waals surface area contributed by atoms with Gasteiger partial charge in [-0.3, -0.25) is 0 Å². The number of esters is 1. The van der Waals surface area contributed by atoms with E-state index in [1.165, 1.54) is 0 Å². The first-order chi connectivity index (χ1) is 10.8. The van der Waals surface area contributed by atoms with Crippen molar-refractivity contribution in [2.45, 2.75) is 32.9 Å². The highest BCUT2D eigenvalue weighted by molar-refractivity contribution is 9.10. The first-order valence-electron chi connectivity index (χ1n) is 7.16. The Bertz CT molecular complexity index is 673. The number of nitrogens with one attached hydrogen (secondary N) is 2. The summed E-state index contributed by atoms with van der Waals surface area (Å²) in [5.41, 5.74) is 1.97. The summed E-state index contributed by atoms with van der Waals surface area (Å²) >= 11 is 8.69. The number of carbonyl (C=O) groups is 1. The monoisotopic (exact) mass is 398 g/mol. The number of allylic oxidation sites excluding steroid dienone is 1. The van der Waals surface area contributed by atoms with Crippen molar-refractivity contribution in [2.75, 3.05) is 7.11 Å². The molecule has 5 nitrogen and oxygen atoms in total. The van der Waals surface area contributed by atoms with Gasteiger partial charge in [-0.25, -0.2) is 4.79 Å². The van der Waals surface area contributed by atoms with Gasteiger partial charge < -0.3 is 20.1 Å². The number of hydrogen-bond donors (Lipinski definition) is 2. The molecule has 2 rings (SSSR count). The highest BCUT2D eigenvalue weighted by atomic mass is 79.9. The summed E-state index contributed by atoms with van der Waals surface area (Å²) in [7, 11) is 1.59. The van der Waals surface area contributed by atoms with E-state index in [9.17, 15) is 4.79 Å². The topological polar surface area (TPSA) is 59.6 Å². The molecule has 2 N–H and O–H groups in total. The first kappa shape index (κ1) is 17.7. The molecule has 1 aromatic carbocycles. The van der Waals surface area contributed by atoms with Crippen LogP contribution in [0.1, 0.15) is 32.4 Å². The van der Waals surface area contributed by atoms with E-state index in [1.807, 2.05) is 39.0 Å². The van der Waals surface area contributed by atoms with Gasteiger partial charge in [0, 0.05) is 15.7 Å². The van der Waals surface area contributed by atoms with Crippen LogP contribution < -0.4 is 15.4 Å². The van der Waals surface area contributed by atoms with Gasteiger partial charge in [-0.2, -0.15) is 0 Å². The molecule has 124 valence electrons. The molecule has 1 heterocycles. The van der Waals surface area contributed by atoms with Crippen LogP contribution in [-0.4, -0.2) is 24.3 Å². The number of ether oxygens (including phenoxy) is 2. The van der Waals surface area contributed by atoms with Gasteiger partial charge in [0.1, 0.15) is 5.75 Å². The molecule has 1 aromatic rings. The summed E-state index contributed by atoms with van der Waals surface area (Å²) in [6, 6.07) is 5.18. The van der Waals surface area contributed by atoms with E-state index in [-0.39, 0.29) is 12.1 Å². The predicted molar refractivity (Wildman–Crippen MR) is 96.2 cm³/mol. The standard InChI is InChI=1S/C16H19BrN2O3S/c1-8(2)22-15(20)13-9(3)18-16(23)19-14(13)11-7-10(17)5-6-12(11)21-4/h5-8,14H,1-4H3,(H2,18,19,23). The minimum atomic E-state index is -0.442. The van der Waals surface area contributed by atoms with Gasteiger partial charge in [-0.1, -0.05) is 15.9 Å². The molecule has 0 fully saturated rings. The van der Waals surface area contributed by atoms with Crippen molar-refractivity contribution in [3.05, 3.63) is 39.5 Å². The average molecular weight is 399 g/mol. The molecule has 0 aromatic heterocycles. The largest absolute Gasteiger partial charge is 0.496 e. The second kappa shape index (κ2) is 7.31. The van der Waals surface area contributed by atoms with E-state index in [1.54, 1.807) is 7.11 Å². The van der Waals surface area contributed by atoms with Crippen molar-refractivity contribution in [3.8, 4) is 5.75 Å². The molecule has 1 aliphatic rings. The smallest absolute Gasteiger partial charge is 0.338 e. The van der Waals surface area contributed by atoms with Crippen LogP contribution in [0.4, 0.5) is 0 Å². The van der Waals surface area contributed by atoms with Crippen LogP contribution in [0.5, 0.6) is 5.75 Å². The van der Waals surface area contributed by atoms with Crippen molar-refractivity contribution in [1.82, 2.24) is 10.6 Å². The van der Waals surface area contributed by atoms with E-state index in [2.05, 4.69) is 26.6 Å². The van der Waals surface area contributed by atoms with Crippen LogP contribution in [0, 0.1) is 0 Å². The Morgan fingerprint density at radius 1 is 1.39 bits per heavy atom. The number of thiocarbonyl (C=S) groups is 1. The summed E-state index contributed by atoms with van der Waals surface area (Å²) in [6.45, 7) is 5.44. The Morgan fingerprint density at radius 3 is 2.70 bits per heavy atom. The zero-order valence-electron chi connectivity index (χ0n) is 13.4.